The van der Waals surface area contributed by atoms with Crippen molar-refractivity contribution < 1.29 is 9.18 Å². The molecule has 1 aromatic heterocycles. The molecule has 0 saturated carbocycles. The van der Waals surface area contributed by atoms with Crippen molar-refractivity contribution in [2.75, 3.05) is 0 Å². The number of aromatic amines is 1. The Morgan fingerprint density at radius 3 is 2.58 bits per heavy atom. The zero-order valence-electron chi connectivity index (χ0n) is 12.9. The molecule has 2 N–H and O–H groups in total. The number of benzene rings is 2. The maximum absolute atomic E-state index is 13.7. The lowest BCUT2D eigenvalue weighted by molar-refractivity contribution is 0.0934. The summed E-state index contributed by atoms with van der Waals surface area (Å²) >= 11 is 5.27. The molecule has 1 atom stereocenters. The fourth-order valence-corrected chi connectivity index (χ4v) is 2.66. The lowest BCUT2D eigenvalue weighted by atomic mass is 10.2. The van der Waals surface area contributed by atoms with Crippen LogP contribution < -0.4 is 5.32 Å². The second kappa shape index (κ2) is 6.76. The lowest BCUT2D eigenvalue weighted by Crippen LogP contribution is -2.29. The summed E-state index contributed by atoms with van der Waals surface area (Å²) in [7, 11) is 0. The van der Waals surface area contributed by atoms with E-state index in [1.807, 2.05) is 30.3 Å². The van der Waals surface area contributed by atoms with Gasteiger partial charge in [0.2, 0.25) is 0 Å². The summed E-state index contributed by atoms with van der Waals surface area (Å²) in [5.41, 5.74) is 0.822. The highest BCUT2D eigenvalue weighted by molar-refractivity contribution is 7.71. The molecule has 24 heavy (non-hydrogen) atoms. The molecule has 0 radical (unpaired) electrons. The minimum Gasteiger partial charge on any atom is -0.342 e. The molecule has 3 aromatic rings. The number of para-hydroxylation sites is 1. The molecule has 0 aliphatic heterocycles. The molecule has 0 saturated heterocycles. The number of halogens is 1. The van der Waals surface area contributed by atoms with Crippen molar-refractivity contribution in [3.05, 3.63) is 76.6 Å². The summed E-state index contributed by atoms with van der Waals surface area (Å²) in [6.45, 7) is 1.77. The maximum atomic E-state index is 13.7. The summed E-state index contributed by atoms with van der Waals surface area (Å²) in [5, 5.41) is 9.68. The summed E-state index contributed by atoms with van der Waals surface area (Å²) < 4.78 is 15.9. The predicted molar refractivity (Wildman–Crippen MR) is 91.0 cm³/mol. The van der Waals surface area contributed by atoms with Crippen LogP contribution in [0.4, 0.5) is 4.39 Å². The highest BCUT2D eigenvalue weighted by Gasteiger charge is 2.19. The molecule has 122 valence electrons. The Kier molecular flexibility index (Phi) is 4.52. The van der Waals surface area contributed by atoms with Crippen molar-refractivity contribution in [3.63, 3.8) is 0 Å². The third kappa shape index (κ3) is 3.11. The molecular weight excluding hydrogens is 327 g/mol. The van der Waals surface area contributed by atoms with Crippen molar-refractivity contribution in [1.29, 1.82) is 0 Å². The number of H-pyrrole nitrogens is 1. The van der Waals surface area contributed by atoms with Crippen LogP contribution in [0.25, 0.3) is 5.69 Å². The van der Waals surface area contributed by atoms with E-state index in [2.05, 4.69) is 15.5 Å². The number of nitrogens with zero attached hydrogens (tertiary/aromatic N) is 2. The van der Waals surface area contributed by atoms with Crippen LogP contribution in [0.2, 0.25) is 0 Å². The minimum absolute atomic E-state index is 0.00950. The topological polar surface area (TPSA) is 62.7 Å². The fraction of sp³-hybridized carbons (Fsp3) is 0.118. The van der Waals surface area contributed by atoms with Crippen LogP contribution in [0.1, 0.15) is 29.1 Å². The van der Waals surface area contributed by atoms with E-state index < -0.39 is 17.8 Å². The largest absolute Gasteiger partial charge is 0.342 e. The molecule has 7 heteroatoms. The molecule has 0 aliphatic rings. The molecule has 0 fully saturated rings. The van der Waals surface area contributed by atoms with Gasteiger partial charge >= 0.3 is 0 Å². The van der Waals surface area contributed by atoms with Gasteiger partial charge in [-0.25, -0.2) is 4.39 Å². The van der Waals surface area contributed by atoms with Gasteiger partial charge in [0, 0.05) is 5.69 Å². The Bertz CT molecular complexity index is 920. The molecule has 1 amide bonds. The van der Waals surface area contributed by atoms with Gasteiger partial charge < -0.3 is 5.32 Å². The Balaban J connectivity index is 1.89. The number of rotatable bonds is 4. The van der Waals surface area contributed by atoms with Crippen LogP contribution in [-0.2, 0) is 0 Å². The zero-order chi connectivity index (χ0) is 17.1. The maximum Gasteiger partial charge on any atom is 0.254 e. The number of aromatic nitrogens is 3. The Labute approximate surface area is 143 Å². The van der Waals surface area contributed by atoms with E-state index in [0.29, 0.717) is 10.6 Å². The van der Waals surface area contributed by atoms with Gasteiger partial charge in [-0.2, -0.15) is 5.10 Å². The predicted octanol–water partition coefficient (Wildman–Crippen LogP) is 3.56. The lowest BCUT2D eigenvalue weighted by Gasteiger charge is -2.15. The summed E-state index contributed by atoms with van der Waals surface area (Å²) in [4.78, 5) is 12.3. The van der Waals surface area contributed by atoms with Crippen LogP contribution in [-0.4, -0.2) is 20.7 Å². The normalized spacial score (nSPS) is 11.9. The van der Waals surface area contributed by atoms with E-state index in [4.69, 9.17) is 12.2 Å². The van der Waals surface area contributed by atoms with Crippen molar-refractivity contribution in [3.8, 4) is 5.69 Å². The number of hydrogen-bond acceptors (Lipinski definition) is 3. The molecular formula is C17H15FN4OS. The zero-order valence-corrected chi connectivity index (χ0v) is 13.7. The van der Waals surface area contributed by atoms with E-state index in [1.54, 1.807) is 17.6 Å². The molecule has 2 aromatic carbocycles. The van der Waals surface area contributed by atoms with Crippen LogP contribution in [0.3, 0.4) is 0 Å². The van der Waals surface area contributed by atoms with Crippen LogP contribution in [0, 0.1) is 10.6 Å². The van der Waals surface area contributed by atoms with E-state index in [9.17, 15) is 9.18 Å². The molecule has 1 heterocycles. The van der Waals surface area contributed by atoms with Gasteiger partial charge in [-0.1, -0.05) is 30.3 Å². The highest BCUT2D eigenvalue weighted by atomic mass is 32.1. The number of nitrogens with one attached hydrogen (secondary N) is 2. The third-order valence-electron chi connectivity index (χ3n) is 3.57. The van der Waals surface area contributed by atoms with E-state index in [-0.39, 0.29) is 5.56 Å². The highest BCUT2D eigenvalue weighted by Crippen LogP contribution is 2.17. The Morgan fingerprint density at radius 1 is 1.21 bits per heavy atom. The average Bonchev–Trinajstić information content (AvgIpc) is 2.97. The van der Waals surface area contributed by atoms with Gasteiger partial charge in [0.1, 0.15) is 5.82 Å². The third-order valence-corrected chi connectivity index (χ3v) is 3.84. The Morgan fingerprint density at radius 2 is 1.88 bits per heavy atom. The molecule has 0 spiro atoms. The smallest absolute Gasteiger partial charge is 0.254 e. The number of hydrogen-bond donors (Lipinski definition) is 2. The van der Waals surface area contributed by atoms with Gasteiger partial charge in [-0.05, 0) is 43.4 Å². The Hall–Kier alpha value is -2.80. The minimum atomic E-state index is -0.566. The van der Waals surface area contributed by atoms with Gasteiger partial charge in [0.25, 0.3) is 5.91 Å². The molecule has 1 unspecified atom stereocenters. The molecule has 0 bridgehead atoms. The summed E-state index contributed by atoms with van der Waals surface area (Å²) in [6.07, 6.45) is 0. The molecule has 0 aliphatic carbocycles. The summed E-state index contributed by atoms with van der Waals surface area (Å²) in [5.74, 6) is -0.533. The second-order valence-electron chi connectivity index (χ2n) is 5.23. The van der Waals surface area contributed by atoms with Gasteiger partial charge in [0.15, 0.2) is 10.6 Å². The molecule has 5 nitrogen and oxygen atoms in total. The van der Waals surface area contributed by atoms with Gasteiger partial charge in [0.05, 0.1) is 11.6 Å². The summed E-state index contributed by atoms with van der Waals surface area (Å²) in [6, 6.07) is 14.8. The van der Waals surface area contributed by atoms with Crippen molar-refractivity contribution in [2.24, 2.45) is 0 Å². The first-order chi connectivity index (χ1) is 11.6. The SMILES string of the molecule is CC(NC(=O)c1ccccc1F)c1n[nH]c(=S)n1-c1ccccc1. The van der Waals surface area contributed by atoms with Crippen molar-refractivity contribution in [1.82, 2.24) is 20.1 Å². The van der Waals surface area contributed by atoms with Crippen LogP contribution in [0.15, 0.2) is 54.6 Å². The molecule has 3 rings (SSSR count). The van der Waals surface area contributed by atoms with E-state index in [0.717, 1.165) is 5.69 Å². The first-order valence-electron chi connectivity index (χ1n) is 7.36. The van der Waals surface area contributed by atoms with Crippen LogP contribution in [0.5, 0.6) is 0 Å². The second-order valence-corrected chi connectivity index (χ2v) is 5.62. The number of carbonyl (C=O) groups excluding carboxylic acids is 1. The average molecular weight is 342 g/mol. The van der Waals surface area contributed by atoms with E-state index in [1.165, 1.54) is 18.2 Å². The monoisotopic (exact) mass is 342 g/mol. The van der Waals surface area contributed by atoms with Crippen molar-refractivity contribution >= 4 is 18.1 Å². The first-order valence-corrected chi connectivity index (χ1v) is 7.77. The first kappa shape index (κ1) is 16.1. The van der Waals surface area contributed by atoms with Gasteiger partial charge in [-0.3, -0.25) is 14.5 Å². The standard InChI is InChI=1S/C17H15FN4OS/c1-11(19-16(23)13-9-5-6-10-14(13)18)15-20-21-17(24)22(15)12-7-3-2-4-8-12/h2-11H,1H3,(H,19,23)(H,21,24). The fourth-order valence-electron chi connectivity index (χ4n) is 2.41. The van der Waals surface area contributed by atoms with Crippen molar-refractivity contribution in [2.45, 2.75) is 13.0 Å². The van der Waals surface area contributed by atoms with E-state index >= 15 is 0 Å². The van der Waals surface area contributed by atoms with Gasteiger partial charge in [-0.15, -0.1) is 0 Å². The number of amides is 1. The quantitative estimate of drug-likeness (QED) is 0.713. The number of carbonyl (C=O) groups is 1. The van der Waals surface area contributed by atoms with Crippen LogP contribution >= 0.6 is 12.2 Å².